The Labute approximate surface area is 124 Å². The Balaban J connectivity index is 1.83. The third kappa shape index (κ3) is 4.18. The van der Waals surface area contributed by atoms with Gasteiger partial charge < -0.3 is 10.6 Å². The summed E-state index contributed by atoms with van der Waals surface area (Å²) in [6, 6.07) is 5.72. The molecule has 0 spiro atoms. The summed E-state index contributed by atoms with van der Waals surface area (Å²) in [5.74, 6) is 0. The predicted octanol–water partition coefficient (Wildman–Crippen LogP) is 3.69. The quantitative estimate of drug-likeness (QED) is 0.641. The number of carbonyl (C=O) groups is 1. The van der Waals surface area contributed by atoms with Gasteiger partial charge in [0.1, 0.15) is 5.69 Å². The summed E-state index contributed by atoms with van der Waals surface area (Å²) in [6.07, 6.45) is 5.88. The topological polar surface area (TPSA) is 84.3 Å². The standard InChI is InChI=1S/C15H21N3O3/c1-15(8-4-5-9-15)10-11-16-14(19)17-12-6-2-3-7-13(12)18(20)21/h2-3,6-7H,4-5,8-11H2,1H3,(H2,16,17,19). The first-order valence-electron chi connectivity index (χ1n) is 7.28. The van der Waals surface area contributed by atoms with Crippen molar-refractivity contribution in [1.29, 1.82) is 0 Å². The van der Waals surface area contributed by atoms with Crippen LogP contribution in [-0.2, 0) is 0 Å². The summed E-state index contributed by atoms with van der Waals surface area (Å²) in [7, 11) is 0. The first-order chi connectivity index (χ1) is 10.0. The molecule has 2 rings (SSSR count). The Morgan fingerprint density at radius 3 is 2.67 bits per heavy atom. The second-order valence-corrected chi connectivity index (χ2v) is 5.92. The molecule has 0 saturated heterocycles. The summed E-state index contributed by atoms with van der Waals surface area (Å²) in [5.41, 5.74) is 0.439. The van der Waals surface area contributed by atoms with Crippen LogP contribution in [0, 0.1) is 15.5 Å². The van der Waals surface area contributed by atoms with Crippen molar-refractivity contribution in [3.63, 3.8) is 0 Å². The summed E-state index contributed by atoms with van der Waals surface area (Å²) >= 11 is 0. The van der Waals surface area contributed by atoms with Crippen LogP contribution in [0.3, 0.4) is 0 Å². The second kappa shape index (κ2) is 6.56. The first kappa shape index (κ1) is 15.3. The molecule has 2 amide bonds. The fourth-order valence-electron chi connectivity index (χ4n) is 2.86. The summed E-state index contributed by atoms with van der Waals surface area (Å²) in [6.45, 7) is 2.84. The van der Waals surface area contributed by atoms with Crippen LogP contribution < -0.4 is 10.6 Å². The largest absolute Gasteiger partial charge is 0.338 e. The first-order valence-corrected chi connectivity index (χ1v) is 7.28. The Bertz CT molecular complexity index is 525. The number of carbonyl (C=O) groups excluding carboxylic acids is 1. The molecule has 1 aromatic rings. The van der Waals surface area contributed by atoms with Gasteiger partial charge >= 0.3 is 6.03 Å². The molecule has 0 aliphatic heterocycles. The maximum atomic E-state index is 11.8. The molecule has 1 aliphatic rings. The van der Waals surface area contributed by atoms with E-state index >= 15 is 0 Å². The van der Waals surface area contributed by atoms with Gasteiger partial charge in [-0.2, -0.15) is 0 Å². The number of anilines is 1. The van der Waals surface area contributed by atoms with Gasteiger partial charge in [0.25, 0.3) is 5.69 Å². The molecule has 6 heteroatoms. The van der Waals surface area contributed by atoms with Crippen molar-refractivity contribution in [2.45, 2.75) is 39.0 Å². The molecule has 114 valence electrons. The molecule has 1 saturated carbocycles. The third-order valence-electron chi connectivity index (χ3n) is 4.17. The van der Waals surface area contributed by atoms with Crippen LogP contribution in [0.1, 0.15) is 39.0 Å². The molecular formula is C15H21N3O3. The van der Waals surface area contributed by atoms with Gasteiger partial charge in [0.2, 0.25) is 0 Å². The number of nitro groups is 1. The Morgan fingerprint density at radius 1 is 1.33 bits per heavy atom. The number of nitrogens with one attached hydrogen (secondary N) is 2. The third-order valence-corrected chi connectivity index (χ3v) is 4.17. The average molecular weight is 291 g/mol. The lowest BCUT2D eigenvalue weighted by atomic mass is 9.85. The number of para-hydroxylation sites is 2. The minimum atomic E-state index is -0.505. The van der Waals surface area contributed by atoms with E-state index in [1.807, 2.05) is 0 Å². The monoisotopic (exact) mass is 291 g/mol. The van der Waals surface area contributed by atoms with Crippen LogP contribution in [0.15, 0.2) is 24.3 Å². The maximum Gasteiger partial charge on any atom is 0.319 e. The molecular weight excluding hydrogens is 270 g/mol. The van der Waals surface area contributed by atoms with Gasteiger partial charge in [-0.05, 0) is 30.7 Å². The highest BCUT2D eigenvalue weighted by molar-refractivity contribution is 5.91. The van der Waals surface area contributed by atoms with Crippen LogP contribution in [-0.4, -0.2) is 17.5 Å². The molecule has 21 heavy (non-hydrogen) atoms. The van der Waals surface area contributed by atoms with E-state index in [2.05, 4.69) is 17.6 Å². The number of nitro benzene ring substituents is 1. The zero-order valence-electron chi connectivity index (χ0n) is 12.2. The second-order valence-electron chi connectivity index (χ2n) is 5.92. The Morgan fingerprint density at radius 2 is 2.00 bits per heavy atom. The van der Waals surface area contributed by atoms with E-state index < -0.39 is 11.0 Å². The van der Waals surface area contributed by atoms with Crippen molar-refractivity contribution < 1.29 is 9.72 Å². The fraction of sp³-hybridized carbons (Fsp3) is 0.533. The van der Waals surface area contributed by atoms with Gasteiger partial charge in [-0.3, -0.25) is 10.1 Å². The minimum absolute atomic E-state index is 0.101. The minimum Gasteiger partial charge on any atom is -0.338 e. The van der Waals surface area contributed by atoms with Crippen LogP contribution in [0.4, 0.5) is 16.2 Å². The van der Waals surface area contributed by atoms with Crippen molar-refractivity contribution in [3.05, 3.63) is 34.4 Å². The maximum absolute atomic E-state index is 11.8. The lowest BCUT2D eigenvalue weighted by Crippen LogP contribution is -2.32. The van der Waals surface area contributed by atoms with Gasteiger partial charge in [0.05, 0.1) is 4.92 Å². The van der Waals surface area contributed by atoms with E-state index in [-0.39, 0.29) is 11.4 Å². The Kier molecular flexibility index (Phi) is 4.77. The van der Waals surface area contributed by atoms with Crippen molar-refractivity contribution in [2.75, 3.05) is 11.9 Å². The van der Waals surface area contributed by atoms with Crippen LogP contribution in [0.2, 0.25) is 0 Å². The summed E-state index contributed by atoms with van der Waals surface area (Å²) < 4.78 is 0. The Hall–Kier alpha value is -2.11. The molecule has 0 atom stereocenters. The van der Waals surface area contributed by atoms with E-state index in [9.17, 15) is 14.9 Å². The highest BCUT2D eigenvalue weighted by Gasteiger charge is 2.28. The van der Waals surface area contributed by atoms with Crippen molar-refractivity contribution in [2.24, 2.45) is 5.41 Å². The normalized spacial score (nSPS) is 16.4. The lowest BCUT2D eigenvalue weighted by molar-refractivity contribution is -0.383. The van der Waals surface area contributed by atoms with Gasteiger partial charge in [-0.25, -0.2) is 4.79 Å². The van der Waals surface area contributed by atoms with E-state index in [4.69, 9.17) is 0 Å². The van der Waals surface area contributed by atoms with E-state index in [0.717, 1.165) is 6.42 Å². The highest BCUT2D eigenvalue weighted by Crippen LogP contribution is 2.39. The van der Waals surface area contributed by atoms with E-state index in [1.54, 1.807) is 12.1 Å². The molecule has 0 radical (unpaired) electrons. The lowest BCUT2D eigenvalue weighted by Gasteiger charge is -2.23. The number of hydrogen-bond donors (Lipinski definition) is 2. The van der Waals surface area contributed by atoms with Gasteiger partial charge in [0.15, 0.2) is 0 Å². The molecule has 6 nitrogen and oxygen atoms in total. The van der Waals surface area contributed by atoms with Gasteiger partial charge in [0, 0.05) is 12.6 Å². The van der Waals surface area contributed by atoms with Gasteiger partial charge in [-0.15, -0.1) is 0 Å². The highest BCUT2D eigenvalue weighted by atomic mass is 16.6. The number of benzene rings is 1. The number of rotatable bonds is 5. The van der Waals surface area contributed by atoms with Crippen molar-refractivity contribution >= 4 is 17.4 Å². The van der Waals surface area contributed by atoms with E-state index in [0.29, 0.717) is 12.0 Å². The molecule has 0 bridgehead atoms. The summed E-state index contributed by atoms with van der Waals surface area (Å²) in [5, 5.41) is 16.2. The summed E-state index contributed by atoms with van der Waals surface area (Å²) in [4.78, 5) is 22.2. The number of nitrogens with zero attached hydrogens (tertiary/aromatic N) is 1. The molecule has 1 aliphatic carbocycles. The van der Waals surface area contributed by atoms with E-state index in [1.165, 1.54) is 37.8 Å². The zero-order chi connectivity index (χ0) is 15.3. The number of urea groups is 1. The SMILES string of the molecule is CC1(CCNC(=O)Nc2ccccc2[N+](=O)[O-])CCCC1. The van der Waals surface area contributed by atoms with Gasteiger partial charge in [-0.1, -0.05) is 31.9 Å². The molecule has 0 heterocycles. The molecule has 0 aromatic heterocycles. The zero-order valence-corrected chi connectivity index (χ0v) is 12.2. The smallest absolute Gasteiger partial charge is 0.319 e. The van der Waals surface area contributed by atoms with Crippen LogP contribution >= 0.6 is 0 Å². The predicted molar refractivity (Wildman–Crippen MR) is 81.3 cm³/mol. The van der Waals surface area contributed by atoms with Crippen LogP contribution in [0.5, 0.6) is 0 Å². The number of amides is 2. The molecule has 2 N–H and O–H groups in total. The number of hydrogen-bond acceptors (Lipinski definition) is 3. The molecule has 0 unspecified atom stereocenters. The van der Waals surface area contributed by atoms with Crippen molar-refractivity contribution in [3.8, 4) is 0 Å². The average Bonchev–Trinajstić information content (AvgIpc) is 2.86. The van der Waals surface area contributed by atoms with Crippen molar-refractivity contribution in [1.82, 2.24) is 5.32 Å². The van der Waals surface area contributed by atoms with Crippen LogP contribution in [0.25, 0.3) is 0 Å². The molecule has 1 fully saturated rings. The molecule has 1 aromatic carbocycles. The fourth-order valence-corrected chi connectivity index (χ4v) is 2.86.